The van der Waals surface area contributed by atoms with Crippen molar-refractivity contribution in [2.75, 3.05) is 13.7 Å². The van der Waals surface area contributed by atoms with Crippen LogP contribution < -0.4 is 0 Å². The summed E-state index contributed by atoms with van der Waals surface area (Å²) in [5.41, 5.74) is 0.0287. The van der Waals surface area contributed by atoms with Gasteiger partial charge in [0.1, 0.15) is 0 Å². The molecule has 1 aliphatic rings. The maximum atomic E-state index is 12.7. The van der Waals surface area contributed by atoms with Crippen LogP contribution in [0.3, 0.4) is 0 Å². The van der Waals surface area contributed by atoms with Crippen LogP contribution in [0.5, 0.6) is 0 Å². The summed E-state index contributed by atoms with van der Waals surface area (Å²) in [5, 5.41) is 8.92. The number of carboxylic acid groups (broad SMARTS) is 1. The smallest absolute Gasteiger partial charge is 0.335 e. The van der Waals surface area contributed by atoms with Crippen molar-refractivity contribution >= 4 is 31.9 Å². The number of hydrogen-bond acceptors (Lipinski definition) is 4. The second-order valence-corrected chi connectivity index (χ2v) is 7.72. The molecule has 2 rings (SSSR count). The predicted octanol–water partition coefficient (Wildman–Crippen LogP) is 1.95. The van der Waals surface area contributed by atoms with Gasteiger partial charge in [0.15, 0.2) is 0 Å². The number of carbonyl (C=O) groups is 1. The number of nitrogens with zero attached hydrogens (tertiary/aromatic N) is 1. The monoisotopic (exact) mass is 377 g/mol. The van der Waals surface area contributed by atoms with Gasteiger partial charge >= 0.3 is 5.97 Å². The SMILES string of the molecule is CC1OCCC1N(C)S(=O)(=O)c1ccc(C(=O)O)cc1Br. The van der Waals surface area contributed by atoms with Crippen molar-refractivity contribution < 1.29 is 23.1 Å². The summed E-state index contributed by atoms with van der Waals surface area (Å²) in [6.45, 7) is 2.37. The van der Waals surface area contributed by atoms with Crippen molar-refractivity contribution in [1.82, 2.24) is 4.31 Å². The van der Waals surface area contributed by atoms with E-state index >= 15 is 0 Å². The predicted molar refractivity (Wildman–Crippen MR) is 79.9 cm³/mol. The first-order valence-electron chi connectivity index (χ1n) is 6.37. The van der Waals surface area contributed by atoms with Crippen LogP contribution in [0.25, 0.3) is 0 Å². The van der Waals surface area contributed by atoms with Crippen molar-refractivity contribution in [1.29, 1.82) is 0 Å². The first-order chi connectivity index (χ1) is 9.75. The molecule has 0 spiro atoms. The lowest BCUT2D eigenvalue weighted by Crippen LogP contribution is -2.41. The third-order valence-corrected chi connectivity index (χ3v) is 6.50. The van der Waals surface area contributed by atoms with E-state index in [0.717, 1.165) is 0 Å². The van der Waals surface area contributed by atoms with E-state index < -0.39 is 16.0 Å². The summed E-state index contributed by atoms with van der Waals surface area (Å²) in [7, 11) is -2.20. The molecule has 1 saturated heterocycles. The Hall–Kier alpha value is -0.960. The normalized spacial score (nSPS) is 22.7. The quantitative estimate of drug-likeness (QED) is 0.866. The average molecular weight is 378 g/mol. The lowest BCUT2D eigenvalue weighted by Gasteiger charge is -2.26. The van der Waals surface area contributed by atoms with Crippen molar-refractivity contribution in [3.05, 3.63) is 28.2 Å². The molecular formula is C13H16BrNO5S. The van der Waals surface area contributed by atoms with Gasteiger partial charge in [0.05, 0.1) is 22.6 Å². The number of rotatable bonds is 4. The van der Waals surface area contributed by atoms with Crippen molar-refractivity contribution in [3.8, 4) is 0 Å². The minimum absolute atomic E-state index is 0.0287. The van der Waals surface area contributed by atoms with Crippen LogP contribution in [0.4, 0.5) is 0 Å². The number of benzene rings is 1. The minimum Gasteiger partial charge on any atom is -0.478 e. The highest BCUT2D eigenvalue weighted by atomic mass is 79.9. The third kappa shape index (κ3) is 3.13. The lowest BCUT2D eigenvalue weighted by atomic mass is 10.2. The van der Waals surface area contributed by atoms with Crippen LogP contribution in [-0.4, -0.2) is 49.6 Å². The molecular weight excluding hydrogens is 362 g/mol. The number of halogens is 1. The summed E-state index contributed by atoms with van der Waals surface area (Å²) >= 11 is 3.14. The van der Waals surface area contributed by atoms with E-state index in [1.807, 2.05) is 6.92 Å². The van der Waals surface area contributed by atoms with Gasteiger partial charge in [-0.25, -0.2) is 13.2 Å². The molecule has 6 nitrogen and oxygen atoms in total. The molecule has 1 aromatic carbocycles. The van der Waals surface area contributed by atoms with Gasteiger partial charge in [0.25, 0.3) is 0 Å². The van der Waals surface area contributed by atoms with Gasteiger partial charge in [-0.05, 0) is 47.5 Å². The molecule has 21 heavy (non-hydrogen) atoms. The number of carboxylic acids is 1. The van der Waals surface area contributed by atoms with E-state index in [1.165, 1.54) is 29.6 Å². The largest absolute Gasteiger partial charge is 0.478 e. The Morgan fingerprint density at radius 1 is 1.48 bits per heavy atom. The zero-order valence-corrected chi connectivity index (χ0v) is 14.0. The van der Waals surface area contributed by atoms with Crippen LogP contribution >= 0.6 is 15.9 Å². The Bertz CT molecular complexity index is 661. The summed E-state index contributed by atoms with van der Waals surface area (Å²) in [6, 6.07) is 3.65. The minimum atomic E-state index is -3.71. The molecule has 0 amide bonds. The summed E-state index contributed by atoms with van der Waals surface area (Å²) < 4.78 is 32.3. The Balaban J connectivity index is 2.37. The Morgan fingerprint density at radius 3 is 2.62 bits per heavy atom. The molecule has 0 aromatic heterocycles. The molecule has 0 aliphatic carbocycles. The molecule has 0 radical (unpaired) electrons. The Labute approximate surface area is 131 Å². The Kier molecular flexibility index (Phi) is 4.72. The van der Waals surface area contributed by atoms with Crippen molar-refractivity contribution in [3.63, 3.8) is 0 Å². The van der Waals surface area contributed by atoms with E-state index in [2.05, 4.69) is 15.9 Å². The molecule has 1 fully saturated rings. The van der Waals surface area contributed by atoms with E-state index in [9.17, 15) is 13.2 Å². The van der Waals surface area contributed by atoms with Gasteiger partial charge < -0.3 is 9.84 Å². The van der Waals surface area contributed by atoms with Crippen LogP contribution in [0.1, 0.15) is 23.7 Å². The highest BCUT2D eigenvalue weighted by Crippen LogP contribution is 2.29. The fourth-order valence-electron chi connectivity index (χ4n) is 2.37. The van der Waals surface area contributed by atoms with Crippen LogP contribution in [0, 0.1) is 0 Å². The second-order valence-electron chi connectivity index (χ2n) is 4.90. The zero-order chi connectivity index (χ0) is 15.8. The molecule has 0 saturated carbocycles. The summed E-state index contributed by atoms with van der Waals surface area (Å²) in [4.78, 5) is 11.0. The highest BCUT2D eigenvalue weighted by molar-refractivity contribution is 9.10. The molecule has 2 atom stereocenters. The van der Waals surface area contributed by atoms with Crippen LogP contribution in [-0.2, 0) is 14.8 Å². The maximum absolute atomic E-state index is 12.7. The first-order valence-corrected chi connectivity index (χ1v) is 8.61. The molecule has 1 heterocycles. The number of ether oxygens (including phenoxy) is 1. The molecule has 8 heteroatoms. The molecule has 1 N–H and O–H groups in total. The van der Waals surface area contributed by atoms with Gasteiger partial charge in [0.2, 0.25) is 10.0 Å². The van der Waals surface area contributed by atoms with E-state index in [1.54, 1.807) is 0 Å². The van der Waals surface area contributed by atoms with Crippen molar-refractivity contribution in [2.24, 2.45) is 0 Å². The summed E-state index contributed by atoms with van der Waals surface area (Å²) in [5.74, 6) is -1.11. The molecule has 0 bridgehead atoms. The Morgan fingerprint density at radius 2 is 2.14 bits per heavy atom. The van der Waals surface area contributed by atoms with Gasteiger partial charge in [0, 0.05) is 18.1 Å². The van der Waals surface area contributed by atoms with Gasteiger partial charge in [-0.1, -0.05) is 0 Å². The van der Waals surface area contributed by atoms with Gasteiger partial charge in [-0.3, -0.25) is 0 Å². The number of sulfonamides is 1. The zero-order valence-electron chi connectivity index (χ0n) is 11.6. The maximum Gasteiger partial charge on any atom is 0.335 e. The second kappa shape index (κ2) is 6.04. The van der Waals surface area contributed by atoms with Crippen molar-refractivity contribution in [2.45, 2.75) is 30.4 Å². The standard InChI is InChI=1S/C13H16BrNO5S/c1-8-11(5-6-20-8)15(2)21(18,19)12-4-3-9(13(16)17)7-10(12)14/h3-4,7-8,11H,5-6H2,1-2H3,(H,16,17). The number of hydrogen-bond donors (Lipinski definition) is 1. The first kappa shape index (κ1) is 16.4. The highest BCUT2D eigenvalue weighted by Gasteiger charge is 2.36. The number of likely N-dealkylation sites (N-methyl/N-ethyl adjacent to an activating group) is 1. The fourth-order valence-corrected chi connectivity index (χ4v) is 4.86. The fraction of sp³-hybridized carbons (Fsp3) is 0.462. The topological polar surface area (TPSA) is 83.9 Å². The molecule has 2 unspecified atom stereocenters. The molecule has 116 valence electrons. The number of aromatic carboxylic acids is 1. The van der Waals surface area contributed by atoms with E-state index in [-0.39, 0.29) is 27.1 Å². The lowest BCUT2D eigenvalue weighted by molar-refractivity contribution is 0.0696. The van der Waals surface area contributed by atoms with Crippen LogP contribution in [0.15, 0.2) is 27.6 Å². The average Bonchev–Trinajstić information content (AvgIpc) is 2.83. The van der Waals surface area contributed by atoms with E-state index in [4.69, 9.17) is 9.84 Å². The summed E-state index contributed by atoms with van der Waals surface area (Å²) in [6.07, 6.45) is 0.476. The molecule has 1 aliphatic heterocycles. The van der Waals surface area contributed by atoms with Gasteiger partial charge in [-0.15, -0.1) is 0 Å². The third-order valence-electron chi connectivity index (χ3n) is 3.64. The van der Waals surface area contributed by atoms with Gasteiger partial charge in [-0.2, -0.15) is 4.31 Å². The van der Waals surface area contributed by atoms with E-state index in [0.29, 0.717) is 13.0 Å². The van der Waals surface area contributed by atoms with Crippen LogP contribution in [0.2, 0.25) is 0 Å². The molecule has 1 aromatic rings.